The molecule has 2 aromatic heterocycles. The lowest BCUT2D eigenvalue weighted by Crippen LogP contribution is -2.17. The van der Waals surface area contributed by atoms with E-state index < -0.39 is 12.0 Å². The van der Waals surface area contributed by atoms with Gasteiger partial charge in [0.25, 0.3) is 12.0 Å². The Morgan fingerprint density at radius 3 is 2.89 bits per heavy atom. The van der Waals surface area contributed by atoms with Crippen LogP contribution in [0.5, 0.6) is 0 Å². The third-order valence-corrected chi connectivity index (χ3v) is 2.98. The van der Waals surface area contributed by atoms with E-state index in [1.54, 1.807) is 13.0 Å². The van der Waals surface area contributed by atoms with Crippen molar-refractivity contribution in [3.05, 3.63) is 45.1 Å². The summed E-state index contributed by atoms with van der Waals surface area (Å²) in [5, 5.41) is -0.129. The zero-order valence-electron chi connectivity index (χ0n) is 10.1. The Kier molecular flexibility index (Phi) is 3.57. The number of aromatic amines is 1. The second-order valence-electron chi connectivity index (χ2n) is 4.01. The zero-order chi connectivity index (χ0) is 14.2. The van der Waals surface area contributed by atoms with Crippen molar-refractivity contribution in [3.8, 4) is 0 Å². The third-order valence-electron chi connectivity index (χ3n) is 2.65. The van der Waals surface area contributed by atoms with Crippen molar-refractivity contribution in [2.45, 2.75) is 19.9 Å². The summed E-state index contributed by atoms with van der Waals surface area (Å²) in [6.45, 7) is 5.45. The first kappa shape index (κ1) is 13.5. The average Bonchev–Trinajstić information content (AvgIpc) is 2.32. The maximum absolute atomic E-state index is 13.0. The van der Waals surface area contributed by atoms with Crippen molar-refractivity contribution in [2.24, 2.45) is 0 Å². The van der Waals surface area contributed by atoms with Crippen molar-refractivity contribution in [3.63, 3.8) is 0 Å². The maximum atomic E-state index is 13.0. The predicted molar refractivity (Wildman–Crippen MR) is 71.1 cm³/mol. The normalized spacial score (nSPS) is 11.2. The summed E-state index contributed by atoms with van der Waals surface area (Å²) in [5.74, 6) is 0. The van der Waals surface area contributed by atoms with Gasteiger partial charge in [0.15, 0.2) is 4.77 Å². The van der Waals surface area contributed by atoms with E-state index in [4.69, 9.17) is 12.2 Å². The molecule has 2 heterocycles. The second kappa shape index (κ2) is 5.00. The second-order valence-corrected chi connectivity index (χ2v) is 4.40. The molecule has 0 aliphatic rings. The molecule has 0 saturated carbocycles. The van der Waals surface area contributed by atoms with Gasteiger partial charge in [0.2, 0.25) is 0 Å². The average molecular weight is 283 g/mol. The SMILES string of the molecule is C=CCn1c(=S)[nH]c(=O)c2c(C(F)F)cc(C)nc21. The largest absolute Gasteiger partial charge is 0.299 e. The standard InChI is InChI=1S/C12H11F2N3OS/c1-3-4-17-10-8(11(18)16-12(17)19)7(9(13)14)5-6(2)15-10/h3,5,9H,1,4H2,2H3,(H,16,18,19). The van der Waals surface area contributed by atoms with Crippen molar-refractivity contribution in [1.29, 1.82) is 0 Å². The van der Waals surface area contributed by atoms with Crippen LogP contribution in [0.4, 0.5) is 8.78 Å². The Morgan fingerprint density at radius 1 is 1.63 bits per heavy atom. The summed E-state index contributed by atoms with van der Waals surface area (Å²) in [6, 6.07) is 1.21. The number of hydrogen-bond donors (Lipinski definition) is 1. The Hall–Kier alpha value is -1.89. The van der Waals surface area contributed by atoms with Gasteiger partial charge in [-0.25, -0.2) is 13.8 Å². The van der Waals surface area contributed by atoms with Crippen LogP contribution in [0, 0.1) is 11.7 Å². The number of aromatic nitrogens is 3. The van der Waals surface area contributed by atoms with Crippen molar-refractivity contribution in [1.82, 2.24) is 14.5 Å². The zero-order valence-corrected chi connectivity index (χ0v) is 10.9. The fourth-order valence-electron chi connectivity index (χ4n) is 1.90. The molecule has 0 aromatic carbocycles. The molecule has 0 atom stereocenters. The Bertz CT molecular complexity index is 764. The first-order chi connectivity index (χ1) is 8.95. The first-order valence-corrected chi connectivity index (χ1v) is 5.90. The number of halogens is 2. The molecule has 100 valence electrons. The minimum Gasteiger partial charge on any atom is -0.299 e. The molecule has 0 aliphatic heterocycles. The number of nitrogens with zero attached hydrogens (tertiary/aromatic N) is 2. The van der Waals surface area contributed by atoms with Gasteiger partial charge in [-0.2, -0.15) is 0 Å². The minimum absolute atomic E-state index is 0.129. The van der Waals surface area contributed by atoms with Crippen molar-refractivity contribution >= 4 is 23.3 Å². The lowest BCUT2D eigenvalue weighted by Gasteiger charge is -2.11. The van der Waals surface area contributed by atoms with Gasteiger partial charge in [-0.05, 0) is 25.2 Å². The van der Waals surface area contributed by atoms with Crippen LogP contribution < -0.4 is 5.56 Å². The molecular weight excluding hydrogens is 272 g/mol. The van der Waals surface area contributed by atoms with Gasteiger partial charge in [-0.15, -0.1) is 6.58 Å². The molecule has 4 nitrogen and oxygen atoms in total. The Labute approximate surface area is 112 Å². The molecule has 0 spiro atoms. The van der Waals surface area contributed by atoms with E-state index in [9.17, 15) is 13.6 Å². The predicted octanol–water partition coefficient (Wildman–Crippen LogP) is 2.89. The van der Waals surface area contributed by atoms with Crippen LogP contribution in [-0.4, -0.2) is 14.5 Å². The molecule has 7 heteroatoms. The van der Waals surface area contributed by atoms with Crippen LogP contribution >= 0.6 is 12.2 Å². The number of allylic oxidation sites excluding steroid dienone is 1. The summed E-state index contributed by atoms with van der Waals surface area (Å²) in [4.78, 5) is 18.4. The van der Waals surface area contributed by atoms with Gasteiger partial charge < -0.3 is 0 Å². The van der Waals surface area contributed by atoms with E-state index in [2.05, 4.69) is 16.5 Å². The fraction of sp³-hybridized carbons (Fsp3) is 0.250. The van der Waals surface area contributed by atoms with Gasteiger partial charge in [-0.1, -0.05) is 6.08 Å². The topological polar surface area (TPSA) is 50.7 Å². The monoisotopic (exact) mass is 283 g/mol. The molecule has 0 aliphatic carbocycles. The first-order valence-electron chi connectivity index (χ1n) is 5.49. The van der Waals surface area contributed by atoms with E-state index in [-0.39, 0.29) is 27.9 Å². The highest BCUT2D eigenvalue weighted by Gasteiger charge is 2.18. The highest BCUT2D eigenvalue weighted by molar-refractivity contribution is 7.71. The molecule has 0 bridgehead atoms. The lowest BCUT2D eigenvalue weighted by molar-refractivity contribution is 0.153. The minimum atomic E-state index is -2.75. The van der Waals surface area contributed by atoms with E-state index >= 15 is 0 Å². The summed E-state index contributed by atoms with van der Waals surface area (Å²) in [7, 11) is 0. The number of hydrogen-bond acceptors (Lipinski definition) is 3. The summed E-state index contributed by atoms with van der Waals surface area (Å²) in [5.41, 5.74) is -0.427. The van der Waals surface area contributed by atoms with Gasteiger partial charge >= 0.3 is 0 Å². The van der Waals surface area contributed by atoms with Gasteiger partial charge in [0.1, 0.15) is 5.65 Å². The van der Waals surface area contributed by atoms with Crippen molar-refractivity contribution in [2.75, 3.05) is 0 Å². The molecule has 0 fully saturated rings. The maximum Gasteiger partial charge on any atom is 0.264 e. The van der Waals surface area contributed by atoms with Crippen LogP contribution in [0.3, 0.4) is 0 Å². The van der Waals surface area contributed by atoms with Crippen LogP contribution in [0.25, 0.3) is 11.0 Å². The highest BCUT2D eigenvalue weighted by Crippen LogP contribution is 2.25. The number of H-pyrrole nitrogens is 1. The molecule has 19 heavy (non-hydrogen) atoms. The van der Waals surface area contributed by atoms with E-state index in [1.807, 2.05) is 0 Å². The van der Waals surface area contributed by atoms with E-state index in [0.29, 0.717) is 5.69 Å². The summed E-state index contributed by atoms with van der Waals surface area (Å²) in [6.07, 6.45) is -1.20. The quantitative estimate of drug-likeness (QED) is 0.696. The smallest absolute Gasteiger partial charge is 0.264 e. The molecule has 1 N–H and O–H groups in total. The van der Waals surface area contributed by atoms with Gasteiger partial charge in [0, 0.05) is 17.8 Å². The molecule has 0 amide bonds. The number of aryl methyl sites for hydroxylation is 1. The summed E-state index contributed by atoms with van der Waals surface area (Å²) >= 11 is 5.02. The van der Waals surface area contributed by atoms with Crippen LogP contribution in [0.1, 0.15) is 17.7 Å². The Morgan fingerprint density at radius 2 is 2.32 bits per heavy atom. The number of nitrogens with one attached hydrogen (secondary N) is 1. The van der Waals surface area contributed by atoms with Gasteiger partial charge in [-0.3, -0.25) is 14.3 Å². The molecule has 2 aromatic rings. The summed E-state index contributed by atoms with van der Waals surface area (Å²) < 4.78 is 27.7. The number of pyridine rings is 1. The van der Waals surface area contributed by atoms with Gasteiger partial charge in [0.05, 0.1) is 5.39 Å². The van der Waals surface area contributed by atoms with Crippen LogP contribution in [0.15, 0.2) is 23.5 Å². The van der Waals surface area contributed by atoms with E-state index in [0.717, 1.165) is 0 Å². The number of rotatable bonds is 3. The molecule has 0 unspecified atom stereocenters. The molecule has 2 rings (SSSR count). The molecular formula is C12H11F2N3OS. The molecule has 0 saturated heterocycles. The molecule has 0 radical (unpaired) electrons. The van der Waals surface area contributed by atoms with Crippen LogP contribution in [-0.2, 0) is 6.54 Å². The van der Waals surface area contributed by atoms with Crippen molar-refractivity contribution < 1.29 is 8.78 Å². The third kappa shape index (κ3) is 2.33. The number of fused-ring (bicyclic) bond motifs is 1. The highest BCUT2D eigenvalue weighted by atomic mass is 32.1. The Balaban J connectivity index is 3.03. The fourth-order valence-corrected chi connectivity index (χ4v) is 2.16. The lowest BCUT2D eigenvalue weighted by atomic mass is 10.1. The number of alkyl halides is 2. The van der Waals surface area contributed by atoms with Crippen LogP contribution in [0.2, 0.25) is 0 Å². The van der Waals surface area contributed by atoms with E-state index in [1.165, 1.54) is 10.6 Å².